The summed E-state index contributed by atoms with van der Waals surface area (Å²) in [5.41, 5.74) is 2.77. The Kier molecular flexibility index (Phi) is 6.02. The Morgan fingerprint density at radius 1 is 1.03 bits per heavy atom. The fourth-order valence-corrected chi connectivity index (χ4v) is 3.94. The Morgan fingerprint density at radius 3 is 2.39 bits per heavy atom. The minimum absolute atomic E-state index is 0.173. The molecule has 0 amide bonds. The number of benzene rings is 2. The van der Waals surface area contributed by atoms with Crippen molar-refractivity contribution in [2.75, 3.05) is 7.11 Å². The molecule has 0 aliphatic carbocycles. The molecule has 172 valence electrons. The van der Waals surface area contributed by atoms with Crippen molar-refractivity contribution in [3.63, 3.8) is 0 Å². The molecule has 6 nitrogen and oxygen atoms in total. The lowest BCUT2D eigenvalue weighted by Gasteiger charge is -2.20. The van der Waals surface area contributed by atoms with Gasteiger partial charge in [-0.15, -0.1) is 0 Å². The van der Waals surface area contributed by atoms with Crippen molar-refractivity contribution in [1.29, 1.82) is 0 Å². The van der Waals surface area contributed by atoms with Gasteiger partial charge in [-0.3, -0.25) is 4.98 Å². The standard InChI is InChI=1S/C27H30N2O4/c1-17(2)25-24-19-14-22(31-6)23(32-16-18-10-8-7-9-11-18)15-21(19)29(20(24)12-13-28-25)26(30)33-27(3,4)5/h7-15,17H,16H2,1-6H3. The summed E-state index contributed by atoms with van der Waals surface area (Å²) in [4.78, 5) is 17.9. The molecule has 0 saturated heterocycles. The zero-order valence-electron chi connectivity index (χ0n) is 20.0. The predicted molar refractivity (Wildman–Crippen MR) is 130 cm³/mol. The van der Waals surface area contributed by atoms with Crippen LogP contribution in [0.2, 0.25) is 0 Å². The first kappa shape index (κ1) is 22.6. The SMILES string of the molecule is COc1cc2c3c(C(C)C)nccc3n(C(=O)OC(C)(C)C)c2cc1OCc1ccccc1. The van der Waals surface area contributed by atoms with Crippen LogP contribution in [0.4, 0.5) is 4.79 Å². The van der Waals surface area contributed by atoms with Gasteiger partial charge in [-0.05, 0) is 44.4 Å². The zero-order valence-corrected chi connectivity index (χ0v) is 20.0. The van der Waals surface area contributed by atoms with Crippen LogP contribution in [0.25, 0.3) is 21.8 Å². The fraction of sp³-hybridized carbons (Fsp3) is 0.333. The van der Waals surface area contributed by atoms with Crippen molar-refractivity contribution < 1.29 is 19.0 Å². The first-order valence-electron chi connectivity index (χ1n) is 11.1. The number of hydrogen-bond acceptors (Lipinski definition) is 5. The Hall–Kier alpha value is -3.54. The van der Waals surface area contributed by atoms with E-state index in [9.17, 15) is 4.79 Å². The van der Waals surface area contributed by atoms with Crippen LogP contribution in [0.5, 0.6) is 11.5 Å². The van der Waals surface area contributed by atoms with Crippen molar-refractivity contribution >= 4 is 27.9 Å². The third-order valence-electron chi connectivity index (χ3n) is 5.35. The lowest BCUT2D eigenvalue weighted by molar-refractivity contribution is 0.0551. The molecule has 0 fully saturated rings. The Balaban J connectivity index is 1.94. The topological polar surface area (TPSA) is 62.6 Å². The molecule has 0 unspecified atom stereocenters. The van der Waals surface area contributed by atoms with E-state index in [-0.39, 0.29) is 5.92 Å². The van der Waals surface area contributed by atoms with E-state index in [2.05, 4.69) is 18.8 Å². The smallest absolute Gasteiger partial charge is 0.419 e. The average Bonchev–Trinajstić information content (AvgIpc) is 3.09. The number of ether oxygens (including phenoxy) is 3. The number of carbonyl (C=O) groups is 1. The molecule has 0 N–H and O–H groups in total. The van der Waals surface area contributed by atoms with E-state index < -0.39 is 11.7 Å². The Labute approximate surface area is 194 Å². The second-order valence-electron chi connectivity index (χ2n) is 9.36. The maximum atomic E-state index is 13.3. The minimum atomic E-state index is -0.632. The van der Waals surface area contributed by atoms with Gasteiger partial charge in [0.25, 0.3) is 0 Å². The highest BCUT2D eigenvalue weighted by Crippen LogP contribution is 2.40. The van der Waals surface area contributed by atoms with Gasteiger partial charge in [-0.1, -0.05) is 44.2 Å². The van der Waals surface area contributed by atoms with Crippen molar-refractivity contribution in [2.45, 2.75) is 52.7 Å². The third-order valence-corrected chi connectivity index (χ3v) is 5.35. The summed E-state index contributed by atoms with van der Waals surface area (Å²) in [6.45, 7) is 10.1. The minimum Gasteiger partial charge on any atom is -0.493 e. The lowest BCUT2D eigenvalue weighted by Crippen LogP contribution is -2.27. The molecule has 0 aliphatic rings. The molecule has 6 heteroatoms. The second-order valence-corrected chi connectivity index (χ2v) is 9.36. The number of pyridine rings is 1. The van der Waals surface area contributed by atoms with Gasteiger partial charge in [0.1, 0.15) is 12.2 Å². The number of fused-ring (bicyclic) bond motifs is 3. The van der Waals surface area contributed by atoms with E-state index in [1.807, 2.05) is 69.3 Å². The first-order chi connectivity index (χ1) is 15.7. The Bertz CT molecular complexity index is 1300. The molecule has 2 aromatic carbocycles. The molecule has 4 rings (SSSR count). The van der Waals surface area contributed by atoms with Gasteiger partial charge in [0, 0.05) is 23.0 Å². The molecule has 0 aliphatic heterocycles. The van der Waals surface area contributed by atoms with E-state index in [4.69, 9.17) is 14.2 Å². The number of methoxy groups -OCH3 is 1. The van der Waals surface area contributed by atoms with Crippen molar-refractivity contribution in [2.24, 2.45) is 0 Å². The van der Waals surface area contributed by atoms with Gasteiger partial charge < -0.3 is 14.2 Å². The fourth-order valence-electron chi connectivity index (χ4n) is 3.94. The number of carbonyl (C=O) groups excluding carboxylic acids is 1. The van der Waals surface area contributed by atoms with Gasteiger partial charge in [0.15, 0.2) is 11.5 Å². The maximum absolute atomic E-state index is 13.3. The quantitative estimate of drug-likeness (QED) is 0.342. The molecule has 0 spiro atoms. The van der Waals surface area contributed by atoms with E-state index in [1.165, 1.54) is 0 Å². The summed E-state index contributed by atoms with van der Waals surface area (Å²) in [5, 5.41) is 1.79. The van der Waals surface area contributed by atoms with Gasteiger partial charge in [0.2, 0.25) is 0 Å². The molecule has 0 radical (unpaired) electrons. The number of aromatic nitrogens is 2. The zero-order chi connectivity index (χ0) is 23.8. The molecular formula is C27H30N2O4. The highest BCUT2D eigenvalue weighted by molar-refractivity contribution is 6.14. The van der Waals surface area contributed by atoms with Gasteiger partial charge >= 0.3 is 6.09 Å². The Morgan fingerprint density at radius 2 is 1.76 bits per heavy atom. The summed E-state index contributed by atoms with van der Waals surface area (Å²) in [5.74, 6) is 1.33. The first-order valence-corrected chi connectivity index (χ1v) is 11.1. The monoisotopic (exact) mass is 446 g/mol. The summed E-state index contributed by atoms with van der Waals surface area (Å²) in [6.07, 6.45) is 1.30. The van der Waals surface area contributed by atoms with E-state index in [0.29, 0.717) is 23.6 Å². The maximum Gasteiger partial charge on any atom is 0.419 e. The molecule has 33 heavy (non-hydrogen) atoms. The van der Waals surface area contributed by atoms with Crippen LogP contribution in [0.15, 0.2) is 54.7 Å². The van der Waals surface area contributed by atoms with Crippen LogP contribution in [0.3, 0.4) is 0 Å². The molecular weight excluding hydrogens is 416 g/mol. The van der Waals surface area contributed by atoms with Crippen LogP contribution in [-0.2, 0) is 11.3 Å². The highest BCUT2D eigenvalue weighted by atomic mass is 16.6. The summed E-state index contributed by atoms with van der Waals surface area (Å²) in [6, 6.07) is 15.5. The highest BCUT2D eigenvalue weighted by Gasteiger charge is 2.26. The summed E-state index contributed by atoms with van der Waals surface area (Å²) < 4.78 is 19.2. The molecule has 4 aromatic rings. The normalized spacial score (nSPS) is 11.8. The number of hydrogen-bond donors (Lipinski definition) is 0. The van der Waals surface area contributed by atoms with Crippen molar-refractivity contribution in [1.82, 2.24) is 9.55 Å². The third kappa shape index (κ3) is 4.51. The van der Waals surface area contributed by atoms with Gasteiger partial charge in [-0.2, -0.15) is 0 Å². The van der Waals surface area contributed by atoms with Crippen LogP contribution < -0.4 is 9.47 Å². The average molecular weight is 447 g/mol. The van der Waals surface area contributed by atoms with Crippen molar-refractivity contribution in [3.8, 4) is 11.5 Å². The molecule has 2 aromatic heterocycles. The molecule has 0 saturated carbocycles. The van der Waals surface area contributed by atoms with E-state index in [1.54, 1.807) is 17.9 Å². The second kappa shape index (κ2) is 8.77. The van der Waals surface area contributed by atoms with Crippen molar-refractivity contribution in [3.05, 3.63) is 66.0 Å². The van der Waals surface area contributed by atoms with Crippen LogP contribution >= 0.6 is 0 Å². The van der Waals surface area contributed by atoms with Gasteiger partial charge in [0.05, 0.1) is 23.8 Å². The van der Waals surface area contributed by atoms with Gasteiger partial charge in [-0.25, -0.2) is 9.36 Å². The molecule has 0 bridgehead atoms. The largest absolute Gasteiger partial charge is 0.493 e. The van der Waals surface area contributed by atoms with Crippen LogP contribution in [-0.4, -0.2) is 28.4 Å². The van der Waals surface area contributed by atoms with E-state index in [0.717, 1.165) is 27.5 Å². The number of nitrogens with zero attached hydrogens (tertiary/aromatic N) is 2. The molecule has 0 atom stereocenters. The predicted octanol–water partition coefficient (Wildman–Crippen LogP) is 6.68. The van der Waals surface area contributed by atoms with Crippen LogP contribution in [0.1, 0.15) is 51.8 Å². The summed E-state index contributed by atoms with van der Waals surface area (Å²) in [7, 11) is 1.62. The summed E-state index contributed by atoms with van der Waals surface area (Å²) >= 11 is 0. The number of rotatable bonds is 5. The lowest BCUT2D eigenvalue weighted by atomic mass is 10.0. The van der Waals surface area contributed by atoms with E-state index >= 15 is 0 Å². The van der Waals surface area contributed by atoms with Crippen LogP contribution in [0, 0.1) is 0 Å². The molecule has 2 heterocycles.